The summed E-state index contributed by atoms with van der Waals surface area (Å²) in [7, 11) is 2.15. The fraction of sp³-hybridized carbons (Fsp3) is 0.562. The summed E-state index contributed by atoms with van der Waals surface area (Å²) in [6.45, 7) is 4.81. The summed E-state index contributed by atoms with van der Waals surface area (Å²) in [5, 5.41) is 23.7. The Labute approximate surface area is 149 Å². The highest BCUT2D eigenvalue weighted by atomic mass is 32.1. The van der Waals surface area contributed by atoms with E-state index in [2.05, 4.69) is 37.2 Å². The van der Waals surface area contributed by atoms with Crippen LogP contribution in [0.25, 0.3) is 5.65 Å². The molecule has 3 aromatic rings. The molecule has 1 aliphatic carbocycles. The van der Waals surface area contributed by atoms with Gasteiger partial charge in [0.2, 0.25) is 0 Å². The van der Waals surface area contributed by atoms with Crippen molar-refractivity contribution in [1.29, 1.82) is 0 Å². The van der Waals surface area contributed by atoms with Gasteiger partial charge in [0, 0.05) is 25.0 Å². The van der Waals surface area contributed by atoms with E-state index in [9.17, 15) is 0 Å². The molecule has 9 heteroatoms. The zero-order valence-electron chi connectivity index (χ0n) is 14.3. The number of fused-ring (bicyclic) bond motifs is 1. The van der Waals surface area contributed by atoms with Crippen LogP contribution in [0.3, 0.4) is 0 Å². The molecule has 0 atom stereocenters. The minimum atomic E-state index is 0.519. The highest BCUT2D eigenvalue weighted by Gasteiger charge is 2.33. The molecule has 0 spiro atoms. The smallest absolute Gasteiger partial charge is 0.178 e. The Morgan fingerprint density at radius 3 is 2.72 bits per heavy atom. The molecule has 0 radical (unpaired) electrons. The van der Waals surface area contributed by atoms with E-state index in [0.29, 0.717) is 12.0 Å². The summed E-state index contributed by atoms with van der Waals surface area (Å²) < 4.78 is 1.92. The highest BCUT2D eigenvalue weighted by molar-refractivity contribution is 7.11. The molecule has 1 aliphatic heterocycles. The van der Waals surface area contributed by atoms with Gasteiger partial charge in [-0.15, -0.1) is 36.8 Å². The highest BCUT2D eigenvalue weighted by Crippen LogP contribution is 2.38. The van der Waals surface area contributed by atoms with Crippen LogP contribution < -0.4 is 4.90 Å². The molecule has 0 aromatic carbocycles. The van der Waals surface area contributed by atoms with Gasteiger partial charge in [-0.2, -0.15) is 4.52 Å². The Morgan fingerprint density at radius 1 is 1.16 bits per heavy atom. The number of likely N-dealkylation sites (N-methyl/N-ethyl adjacent to an activating group) is 1. The molecule has 8 nitrogen and oxygen atoms in total. The first-order chi connectivity index (χ1) is 12.2. The van der Waals surface area contributed by atoms with E-state index in [1.807, 2.05) is 23.6 Å². The Hall–Kier alpha value is -2.13. The lowest BCUT2D eigenvalue weighted by Crippen LogP contribution is -2.58. The zero-order chi connectivity index (χ0) is 17.0. The van der Waals surface area contributed by atoms with Crippen molar-refractivity contribution >= 4 is 22.8 Å². The maximum Gasteiger partial charge on any atom is 0.178 e. The number of nitrogens with zero attached hydrogens (tertiary/aromatic N) is 8. The summed E-state index contributed by atoms with van der Waals surface area (Å²) in [6.07, 6.45) is 2.41. The standard InChI is InChI=1S/C16H20N8S/c1-10-17-19-15(25-10)9-22(2)12-7-23(8-12)14-6-5-13-18-20-16(11-3-4-11)24(13)21-14/h5-6,11-12H,3-4,7-9H2,1-2H3. The summed E-state index contributed by atoms with van der Waals surface area (Å²) in [5.41, 5.74) is 0.839. The molecule has 5 rings (SSSR count). The summed E-state index contributed by atoms with van der Waals surface area (Å²) in [6, 6.07) is 4.58. The van der Waals surface area contributed by atoms with E-state index in [-0.39, 0.29) is 0 Å². The Morgan fingerprint density at radius 2 is 2.00 bits per heavy atom. The first-order valence-corrected chi connectivity index (χ1v) is 9.45. The van der Waals surface area contributed by atoms with Gasteiger partial charge >= 0.3 is 0 Å². The average Bonchev–Trinajstić information content (AvgIpc) is 3.18. The van der Waals surface area contributed by atoms with E-state index in [4.69, 9.17) is 5.10 Å². The van der Waals surface area contributed by atoms with Crippen LogP contribution in [-0.4, -0.2) is 61.1 Å². The van der Waals surface area contributed by atoms with Gasteiger partial charge in [-0.05, 0) is 38.9 Å². The number of hydrogen-bond donors (Lipinski definition) is 0. The van der Waals surface area contributed by atoms with Gasteiger partial charge in [-0.1, -0.05) is 0 Å². The van der Waals surface area contributed by atoms with Crippen molar-refractivity contribution < 1.29 is 0 Å². The lowest BCUT2D eigenvalue weighted by Gasteiger charge is -2.44. The fourth-order valence-electron chi connectivity index (χ4n) is 3.23. The first kappa shape index (κ1) is 15.2. The lowest BCUT2D eigenvalue weighted by molar-refractivity contribution is 0.196. The van der Waals surface area contributed by atoms with Gasteiger partial charge in [0.15, 0.2) is 11.5 Å². The molecule has 130 valence electrons. The minimum absolute atomic E-state index is 0.519. The van der Waals surface area contributed by atoms with Gasteiger partial charge in [0.25, 0.3) is 0 Å². The van der Waals surface area contributed by atoms with E-state index in [1.54, 1.807) is 11.3 Å². The Bertz CT molecular complexity index is 908. The maximum atomic E-state index is 4.78. The van der Waals surface area contributed by atoms with Crippen molar-refractivity contribution in [3.8, 4) is 0 Å². The number of rotatable bonds is 5. The third-order valence-corrected chi connectivity index (χ3v) is 5.80. The molecular weight excluding hydrogens is 336 g/mol. The minimum Gasteiger partial charge on any atom is -0.352 e. The number of hydrogen-bond acceptors (Lipinski definition) is 8. The molecular formula is C16H20N8S. The molecule has 1 saturated heterocycles. The average molecular weight is 356 g/mol. The van der Waals surface area contributed by atoms with Gasteiger partial charge in [-0.25, -0.2) is 0 Å². The molecule has 2 aliphatic rings. The number of aromatic nitrogens is 6. The van der Waals surface area contributed by atoms with Gasteiger partial charge in [0.05, 0.1) is 6.54 Å². The fourth-order valence-corrected chi connectivity index (χ4v) is 4.00. The third kappa shape index (κ3) is 2.77. The van der Waals surface area contributed by atoms with Crippen molar-refractivity contribution in [3.05, 3.63) is 28.0 Å². The van der Waals surface area contributed by atoms with Crippen LogP contribution in [0.1, 0.15) is 34.6 Å². The molecule has 0 unspecified atom stereocenters. The van der Waals surface area contributed by atoms with Gasteiger partial charge in [0.1, 0.15) is 15.8 Å². The molecule has 25 heavy (non-hydrogen) atoms. The normalized spacial score (nSPS) is 18.3. The third-order valence-electron chi connectivity index (χ3n) is 4.98. The first-order valence-electron chi connectivity index (χ1n) is 8.64. The van der Waals surface area contributed by atoms with E-state index >= 15 is 0 Å². The quantitative estimate of drug-likeness (QED) is 0.685. The molecule has 0 amide bonds. The van der Waals surface area contributed by atoms with Gasteiger partial charge < -0.3 is 4.90 Å². The van der Waals surface area contributed by atoms with Crippen molar-refractivity contribution in [2.45, 2.75) is 38.3 Å². The molecule has 0 bridgehead atoms. The predicted octanol–water partition coefficient (Wildman–Crippen LogP) is 1.48. The van der Waals surface area contributed by atoms with Crippen LogP contribution in [0.2, 0.25) is 0 Å². The maximum absolute atomic E-state index is 4.78. The largest absolute Gasteiger partial charge is 0.352 e. The summed E-state index contributed by atoms with van der Waals surface area (Å²) in [4.78, 5) is 4.66. The van der Waals surface area contributed by atoms with Crippen molar-refractivity contribution in [2.75, 3.05) is 25.0 Å². The van der Waals surface area contributed by atoms with E-state index in [1.165, 1.54) is 12.8 Å². The van der Waals surface area contributed by atoms with Crippen LogP contribution in [0.4, 0.5) is 5.82 Å². The van der Waals surface area contributed by atoms with E-state index in [0.717, 1.165) is 46.9 Å². The topological polar surface area (TPSA) is 75.3 Å². The van der Waals surface area contributed by atoms with Crippen LogP contribution >= 0.6 is 11.3 Å². The lowest BCUT2D eigenvalue weighted by atomic mass is 10.1. The number of anilines is 1. The van der Waals surface area contributed by atoms with Crippen molar-refractivity contribution in [1.82, 2.24) is 34.9 Å². The Kier molecular flexibility index (Phi) is 3.46. The van der Waals surface area contributed by atoms with E-state index < -0.39 is 0 Å². The number of aryl methyl sites for hydroxylation is 1. The second kappa shape index (κ2) is 5.70. The van der Waals surface area contributed by atoms with Crippen molar-refractivity contribution in [2.24, 2.45) is 0 Å². The van der Waals surface area contributed by atoms with Crippen LogP contribution in [0.15, 0.2) is 12.1 Å². The second-order valence-corrected chi connectivity index (χ2v) is 8.25. The SMILES string of the molecule is Cc1nnc(CN(C)C2CN(c3ccc4nnc(C5CC5)n4n3)C2)s1. The molecule has 1 saturated carbocycles. The summed E-state index contributed by atoms with van der Waals surface area (Å²) >= 11 is 1.67. The van der Waals surface area contributed by atoms with Crippen molar-refractivity contribution in [3.63, 3.8) is 0 Å². The predicted molar refractivity (Wildman–Crippen MR) is 94.9 cm³/mol. The molecule has 0 N–H and O–H groups in total. The zero-order valence-corrected chi connectivity index (χ0v) is 15.1. The second-order valence-electron chi connectivity index (χ2n) is 6.98. The molecule has 2 fully saturated rings. The Balaban J connectivity index is 1.26. The monoisotopic (exact) mass is 356 g/mol. The van der Waals surface area contributed by atoms with Crippen LogP contribution in [0, 0.1) is 6.92 Å². The molecule has 3 aromatic heterocycles. The van der Waals surface area contributed by atoms with Crippen LogP contribution in [-0.2, 0) is 6.54 Å². The van der Waals surface area contributed by atoms with Crippen LogP contribution in [0.5, 0.6) is 0 Å². The molecule has 4 heterocycles. The summed E-state index contributed by atoms with van der Waals surface area (Å²) in [5.74, 6) is 2.56. The van der Waals surface area contributed by atoms with Gasteiger partial charge in [-0.3, -0.25) is 4.90 Å².